The third-order valence-corrected chi connectivity index (χ3v) is 9.59. The number of ether oxygens (including phenoxy) is 1. The summed E-state index contributed by atoms with van der Waals surface area (Å²) in [5.74, 6) is 0.562. The first-order valence-electron chi connectivity index (χ1n) is 15.9. The van der Waals surface area contributed by atoms with E-state index in [1.54, 1.807) is 4.90 Å². The van der Waals surface area contributed by atoms with Crippen LogP contribution in [0, 0.1) is 20.8 Å². The molecule has 1 saturated carbocycles. The zero-order valence-electron chi connectivity index (χ0n) is 26.6. The number of carboxylic acid groups (broad SMARTS) is 2. The largest absolute Gasteiger partial charge is 0.493 e. The van der Waals surface area contributed by atoms with Crippen molar-refractivity contribution in [1.29, 1.82) is 0 Å². The highest BCUT2D eigenvalue weighted by Gasteiger charge is 2.59. The summed E-state index contributed by atoms with van der Waals surface area (Å²) in [6.45, 7) is 6.84. The van der Waals surface area contributed by atoms with E-state index in [0.717, 1.165) is 52.0 Å². The molecule has 3 aromatic carbocycles. The first-order valence-corrected chi connectivity index (χ1v) is 15.9. The lowest BCUT2D eigenvalue weighted by Crippen LogP contribution is -2.74. The highest BCUT2D eigenvalue weighted by atomic mass is 16.5. The van der Waals surface area contributed by atoms with Crippen LogP contribution in [0.25, 0.3) is 5.57 Å². The van der Waals surface area contributed by atoms with Gasteiger partial charge >= 0.3 is 12.2 Å². The third kappa shape index (κ3) is 6.18. The van der Waals surface area contributed by atoms with E-state index in [-0.39, 0.29) is 31.5 Å². The van der Waals surface area contributed by atoms with Crippen molar-refractivity contribution in [3.8, 4) is 5.75 Å². The molecule has 9 nitrogen and oxygen atoms in total. The van der Waals surface area contributed by atoms with Crippen molar-refractivity contribution in [3.05, 3.63) is 106 Å². The second kappa shape index (κ2) is 12.5. The van der Waals surface area contributed by atoms with E-state index in [0.29, 0.717) is 19.6 Å². The van der Waals surface area contributed by atoms with Crippen molar-refractivity contribution in [3.63, 3.8) is 0 Å². The molecule has 3 aromatic rings. The smallest absolute Gasteiger partial charge is 0.408 e. The predicted molar refractivity (Wildman–Crippen MR) is 175 cm³/mol. The highest BCUT2D eigenvalue weighted by Crippen LogP contribution is 2.44. The predicted octanol–water partition coefficient (Wildman–Crippen LogP) is 6.29. The van der Waals surface area contributed by atoms with Crippen molar-refractivity contribution in [2.75, 3.05) is 19.7 Å². The van der Waals surface area contributed by atoms with Crippen molar-refractivity contribution in [2.45, 2.75) is 70.6 Å². The molecule has 2 N–H and O–H groups in total. The molecule has 6 rings (SSSR count). The van der Waals surface area contributed by atoms with Crippen LogP contribution < -0.4 is 4.74 Å². The summed E-state index contributed by atoms with van der Waals surface area (Å²) in [5, 5.41) is 20.5. The molecule has 2 heterocycles. The standard InChI is InChI=1S/C37H41N3O6/c1-24-17-25(2)26(3)33(18-24)46-16-15-27-9-11-29(12-10-27)30-19-32-22-38(35(42)43)23-37(20-30,40(32)36(44)45)34(41)39(31-13-14-31)21-28-7-5-4-6-8-28/h4-12,17-19,31-32H,13-16,20-23H2,1-3H3,(H,42,43)(H,44,45)/t32-,37+/m0/s1. The summed E-state index contributed by atoms with van der Waals surface area (Å²) in [6.07, 6.45) is 1.93. The number of piperazine rings is 1. The molecule has 3 aliphatic rings. The number of carbonyl (C=O) groups excluding carboxylic acids is 1. The Morgan fingerprint density at radius 1 is 0.935 bits per heavy atom. The number of hydrogen-bond donors (Lipinski definition) is 2. The van der Waals surface area contributed by atoms with Crippen LogP contribution in [0.15, 0.2) is 72.8 Å². The minimum atomic E-state index is -1.58. The van der Waals surface area contributed by atoms with Crippen LogP contribution in [-0.4, -0.2) is 80.3 Å². The zero-order chi connectivity index (χ0) is 32.6. The van der Waals surface area contributed by atoms with E-state index in [1.165, 1.54) is 15.4 Å². The lowest BCUT2D eigenvalue weighted by Gasteiger charge is -2.55. The van der Waals surface area contributed by atoms with E-state index >= 15 is 0 Å². The Balaban J connectivity index is 1.27. The molecular weight excluding hydrogens is 582 g/mol. The summed E-state index contributed by atoms with van der Waals surface area (Å²) in [4.78, 5) is 44.0. The molecule has 2 atom stereocenters. The normalized spacial score (nSPS) is 20.6. The van der Waals surface area contributed by atoms with Gasteiger partial charge in [0.25, 0.3) is 5.91 Å². The van der Waals surface area contributed by atoms with E-state index in [4.69, 9.17) is 4.74 Å². The Morgan fingerprint density at radius 3 is 2.30 bits per heavy atom. The molecule has 0 aromatic heterocycles. The summed E-state index contributed by atoms with van der Waals surface area (Å²) in [6, 6.07) is 21.1. The van der Waals surface area contributed by atoms with Gasteiger partial charge in [0.2, 0.25) is 0 Å². The van der Waals surface area contributed by atoms with Crippen LogP contribution in [0.3, 0.4) is 0 Å². The molecule has 46 heavy (non-hydrogen) atoms. The van der Waals surface area contributed by atoms with E-state index in [9.17, 15) is 24.6 Å². The Morgan fingerprint density at radius 2 is 1.65 bits per heavy atom. The average molecular weight is 624 g/mol. The topological polar surface area (TPSA) is 111 Å². The number of nitrogens with zero attached hydrogens (tertiary/aromatic N) is 3. The van der Waals surface area contributed by atoms with Crippen LogP contribution in [-0.2, 0) is 17.8 Å². The van der Waals surface area contributed by atoms with Gasteiger partial charge in [-0.05, 0) is 78.6 Å². The molecular formula is C37H41N3O6. The Labute approximate surface area is 269 Å². The number of fused-ring (bicyclic) bond motifs is 2. The molecule has 2 fully saturated rings. The van der Waals surface area contributed by atoms with Crippen molar-refractivity contribution in [1.82, 2.24) is 14.7 Å². The molecule has 9 heteroatoms. The maximum Gasteiger partial charge on any atom is 0.408 e. The minimum Gasteiger partial charge on any atom is -0.493 e. The molecule has 1 aliphatic carbocycles. The Bertz CT molecular complexity index is 1670. The van der Waals surface area contributed by atoms with Gasteiger partial charge in [0, 0.05) is 32.0 Å². The lowest BCUT2D eigenvalue weighted by molar-refractivity contribution is -0.150. The Kier molecular flexibility index (Phi) is 8.51. The Hall–Kier alpha value is -4.79. The van der Waals surface area contributed by atoms with E-state index in [2.05, 4.69) is 32.9 Å². The average Bonchev–Trinajstić information content (AvgIpc) is 3.87. The van der Waals surface area contributed by atoms with Gasteiger partial charge in [0.15, 0.2) is 0 Å². The molecule has 0 radical (unpaired) electrons. The van der Waals surface area contributed by atoms with Gasteiger partial charge in [-0.2, -0.15) is 0 Å². The SMILES string of the molecule is Cc1cc(C)c(C)c(OCCc2ccc(C3=C[C@H]4CN(C(=O)O)C[C@@](C(=O)N(Cc5ccccc5)C5CC5)(C3)N4C(=O)O)cc2)c1. The number of aryl methyl sites for hydroxylation is 2. The fraction of sp³-hybridized carbons (Fsp3) is 0.378. The number of carbonyl (C=O) groups is 3. The summed E-state index contributed by atoms with van der Waals surface area (Å²) >= 11 is 0. The lowest BCUT2D eigenvalue weighted by atomic mass is 9.76. The second-order valence-corrected chi connectivity index (χ2v) is 12.9. The van der Waals surface area contributed by atoms with Gasteiger partial charge in [-0.25, -0.2) is 9.59 Å². The van der Waals surface area contributed by atoms with Gasteiger partial charge in [-0.3, -0.25) is 9.69 Å². The molecule has 2 aliphatic heterocycles. The zero-order valence-corrected chi connectivity index (χ0v) is 26.6. The number of hydrogen-bond acceptors (Lipinski definition) is 4. The molecule has 2 bridgehead atoms. The maximum atomic E-state index is 14.7. The molecule has 240 valence electrons. The van der Waals surface area contributed by atoms with Crippen LogP contribution in [0.2, 0.25) is 0 Å². The first-order chi connectivity index (χ1) is 22.1. The van der Waals surface area contributed by atoms with Gasteiger partial charge in [-0.15, -0.1) is 0 Å². The van der Waals surface area contributed by atoms with Crippen LogP contribution >= 0.6 is 0 Å². The van der Waals surface area contributed by atoms with Crippen LogP contribution in [0.1, 0.15) is 52.6 Å². The number of amides is 3. The summed E-state index contributed by atoms with van der Waals surface area (Å²) < 4.78 is 6.12. The molecule has 3 amide bonds. The third-order valence-electron chi connectivity index (χ3n) is 9.59. The monoisotopic (exact) mass is 623 g/mol. The van der Waals surface area contributed by atoms with Crippen molar-refractivity contribution in [2.24, 2.45) is 0 Å². The van der Waals surface area contributed by atoms with Gasteiger partial charge in [-0.1, -0.05) is 66.7 Å². The second-order valence-electron chi connectivity index (χ2n) is 12.9. The summed E-state index contributed by atoms with van der Waals surface area (Å²) in [5.41, 5.74) is 5.72. The highest BCUT2D eigenvalue weighted by molar-refractivity contribution is 5.95. The number of rotatable bonds is 9. The molecule has 0 unspecified atom stereocenters. The quantitative estimate of drug-likeness (QED) is 0.290. The van der Waals surface area contributed by atoms with Gasteiger partial charge in [0.1, 0.15) is 11.3 Å². The van der Waals surface area contributed by atoms with E-state index in [1.807, 2.05) is 60.7 Å². The minimum absolute atomic E-state index is 0.000238. The first kappa shape index (κ1) is 31.2. The maximum absolute atomic E-state index is 14.7. The van der Waals surface area contributed by atoms with Crippen molar-refractivity contribution >= 4 is 23.7 Å². The van der Waals surface area contributed by atoms with Crippen LogP contribution in [0.4, 0.5) is 9.59 Å². The fourth-order valence-electron chi connectivity index (χ4n) is 6.99. The van der Waals surface area contributed by atoms with Crippen molar-refractivity contribution < 1.29 is 29.3 Å². The van der Waals surface area contributed by atoms with E-state index < -0.39 is 23.8 Å². The van der Waals surface area contributed by atoms with Gasteiger partial charge < -0.3 is 24.7 Å². The molecule has 1 saturated heterocycles. The number of benzene rings is 3. The fourth-order valence-corrected chi connectivity index (χ4v) is 6.99. The van der Waals surface area contributed by atoms with Gasteiger partial charge in [0.05, 0.1) is 19.2 Å². The van der Waals surface area contributed by atoms with Crippen LogP contribution in [0.5, 0.6) is 5.75 Å². The molecule has 0 spiro atoms. The summed E-state index contributed by atoms with van der Waals surface area (Å²) in [7, 11) is 0.